The Morgan fingerprint density at radius 1 is 1.50 bits per heavy atom. The fourth-order valence-corrected chi connectivity index (χ4v) is 1.90. The number of nitrogens with zero attached hydrogens (tertiary/aromatic N) is 2. The second kappa shape index (κ2) is 6.74. The number of benzene rings is 1. The van der Waals surface area contributed by atoms with E-state index in [1.165, 1.54) is 19.2 Å². The molecule has 0 amide bonds. The number of rotatable bonds is 7. The number of hydrogen-bond donors (Lipinski definition) is 1. The van der Waals surface area contributed by atoms with E-state index in [2.05, 4.69) is 0 Å². The van der Waals surface area contributed by atoms with Gasteiger partial charge in [-0.2, -0.15) is 0 Å². The maximum Gasteiger partial charge on any atom is 0.312 e. The van der Waals surface area contributed by atoms with E-state index in [-0.39, 0.29) is 30.4 Å². The molecule has 110 valence electrons. The quantitative estimate of drug-likeness (QED) is 0.609. The van der Waals surface area contributed by atoms with E-state index < -0.39 is 10.9 Å². The van der Waals surface area contributed by atoms with Gasteiger partial charge in [-0.15, -0.1) is 0 Å². The van der Waals surface area contributed by atoms with Gasteiger partial charge in [-0.25, -0.2) is 0 Å². The summed E-state index contributed by atoms with van der Waals surface area (Å²) in [5.41, 5.74) is 0.472. The van der Waals surface area contributed by atoms with Crippen molar-refractivity contribution in [3.8, 4) is 5.75 Å². The van der Waals surface area contributed by atoms with Crippen LogP contribution < -0.4 is 9.64 Å². The van der Waals surface area contributed by atoms with Crippen LogP contribution in [-0.4, -0.2) is 35.7 Å². The summed E-state index contributed by atoms with van der Waals surface area (Å²) in [5, 5.41) is 19.8. The SMILES string of the molecule is COc1ccc(N(CCC(=O)O)C(C)C)cc1[N+](=O)[O-]. The summed E-state index contributed by atoms with van der Waals surface area (Å²) in [6.45, 7) is 4.09. The molecule has 0 aromatic heterocycles. The van der Waals surface area contributed by atoms with Gasteiger partial charge < -0.3 is 14.7 Å². The summed E-state index contributed by atoms with van der Waals surface area (Å²) in [4.78, 5) is 23.0. The van der Waals surface area contributed by atoms with Crippen LogP contribution in [0.2, 0.25) is 0 Å². The van der Waals surface area contributed by atoms with E-state index >= 15 is 0 Å². The Hall–Kier alpha value is -2.31. The Balaban J connectivity index is 3.11. The first kappa shape index (κ1) is 15.7. The first-order valence-electron chi connectivity index (χ1n) is 6.17. The monoisotopic (exact) mass is 282 g/mol. The number of carbonyl (C=O) groups is 1. The van der Waals surface area contributed by atoms with Crippen molar-refractivity contribution in [3.63, 3.8) is 0 Å². The molecule has 20 heavy (non-hydrogen) atoms. The number of hydrogen-bond acceptors (Lipinski definition) is 5. The molecule has 0 bridgehead atoms. The Bertz CT molecular complexity index is 502. The van der Waals surface area contributed by atoms with Gasteiger partial charge in [0.15, 0.2) is 5.75 Å². The summed E-state index contributed by atoms with van der Waals surface area (Å²) in [5.74, 6) is -0.723. The average Bonchev–Trinajstić information content (AvgIpc) is 2.37. The average molecular weight is 282 g/mol. The van der Waals surface area contributed by atoms with Gasteiger partial charge in [0.25, 0.3) is 0 Å². The van der Waals surface area contributed by atoms with Crippen LogP contribution in [-0.2, 0) is 4.79 Å². The lowest BCUT2D eigenvalue weighted by atomic mass is 10.2. The van der Waals surface area contributed by atoms with Crippen molar-refractivity contribution < 1.29 is 19.6 Å². The smallest absolute Gasteiger partial charge is 0.312 e. The lowest BCUT2D eigenvalue weighted by Crippen LogP contribution is -2.32. The number of ether oxygens (including phenoxy) is 1. The van der Waals surface area contributed by atoms with Gasteiger partial charge in [-0.1, -0.05) is 0 Å². The number of nitro groups is 1. The zero-order chi connectivity index (χ0) is 15.3. The molecular formula is C13H18N2O5. The molecule has 0 spiro atoms. The minimum atomic E-state index is -0.904. The van der Waals surface area contributed by atoms with Crippen molar-refractivity contribution in [3.05, 3.63) is 28.3 Å². The number of aliphatic carboxylic acids is 1. The molecule has 0 aliphatic heterocycles. The molecule has 1 aromatic rings. The molecule has 7 heteroatoms. The van der Waals surface area contributed by atoms with Crippen LogP contribution in [0.5, 0.6) is 5.75 Å². The summed E-state index contributed by atoms with van der Waals surface area (Å²) < 4.78 is 4.95. The second-order valence-corrected chi connectivity index (χ2v) is 4.54. The number of carboxylic acid groups (broad SMARTS) is 1. The summed E-state index contributed by atoms with van der Waals surface area (Å²) in [6, 6.07) is 4.64. The zero-order valence-electron chi connectivity index (χ0n) is 11.7. The number of methoxy groups -OCH3 is 1. The first-order valence-corrected chi connectivity index (χ1v) is 6.17. The van der Waals surface area contributed by atoms with E-state index in [0.29, 0.717) is 5.69 Å². The van der Waals surface area contributed by atoms with Crippen LogP contribution in [0.1, 0.15) is 20.3 Å². The molecule has 0 aliphatic rings. The third kappa shape index (κ3) is 3.84. The van der Waals surface area contributed by atoms with Gasteiger partial charge in [-0.05, 0) is 26.0 Å². The van der Waals surface area contributed by atoms with Gasteiger partial charge >= 0.3 is 11.7 Å². The molecule has 1 rings (SSSR count). The maximum atomic E-state index is 11.0. The largest absolute Gasteiger partial charge is 0.490 e. The summed E-state index contributed by atoms with van der Waals surface area (Å²) >= 11 is 0. The third-order valence-electron chi connectivity index (χ3n) is 2.88. The van der Waals surface area contributed by atoms with E-state index in [1.54, 1.807) is 11.0 Å². The van der Waals surface area contributed by atoms with Gasteiger partial charge in [0.05, 0.1) is 18.5 Å². The lowest BCUT2D eigenvalue weighted by molar-refractivity contribution is -0.385. The van der Waals surface area contributed by atoms with E-state index in [4.69, 9.17) is 9.84 Å². The third-order valence-corrected chi connectivity index (χ3v) is 2.88. The molecule has 0 heterocycles. The van der Waals surface area contributed by atoms with Gasteiger partial charge in [0.2, 0.25) is 0 Å². The molecule has 0 aliphatic carbocycles. The fraction of sp³-hybridized carbons (Fsp3) is 0.462. The first-order chi connectivity index (χ1) is 9.36. The van der Waals surface area contributed by atoms with Crippen LogP contribution in [0.3, 0.4) is 0 Å². The molecule has 7 nitrogen and oxygen atoms in total. The Kier molecular flexibility index (Phi) is 5.31. The topological polar surface area (TPSA) is 92.9 Å². The van der Waals surface area contributed by atoms with E-state index in [1.807, 2.05) is 13.8 Å². The van der Waals surface area contributed by atoms with E-state index in [0.717, 1.165) is 0 Å². The number of anilines is 1. The molecule has 0 atom stereocenters. The van der Waals surface area contributed by atoms with Crippen molar-refractivity contribution in [1.29, 1.82) is 0 Å². The molecule has 0 radical (unpaired) electrons. The maximum absolute atomic E-state index is 11.0. The Labute approximate surface area is 116 Å². The highest BCUT2D eigenvalue weighted by atomic mass is 16.6. The highest BCUT2D eigenvalue weighted by molar-refractivity contribution is 5.68. The van der Waals surface area contributed by atoms with Crippen molar-refractivity contribution in [2.45, 2.75) is 26.3 Å². The molecule has 0 saturated carbocycles. The lowest BCUT2D eigenvalue weighted by Gasteiger charge is -2.28. The predicted octanol–water partition coefficient (Wildman–Crippen LogP) is 2.29. The number of nitro benzene ring substituents is 1. The number of carboxylic acids is 1. The fourth-order valence-electron chi connectivity index (χ4n) is 1.90. The van der Waals surface area contributed by atoms with Crippen molar-refractivity contribution >= 4 is 17.3 Å². The van der Waals surface area contributed by atoms with Crippen LogP contribution in [0.25, 0.3) is 0 Å². The standard InChI is InChI=1S/C13H18N2O5/c1-9(2)14(7-6-13(16)17)10-4-5-12(20-3)11(8-10)15(18)19/h4-5,8-9H,6-7H2,1-3H3,(H,16,17). The van der Waals surface area contributed by atoms with Gasteiger partial charge in [0, 0.05) is 24.3 Å². The highest BCUT2D eigenvalue weighted by Gasteiger charge is 2.19. The summed E-state index contributed by atoms with van der Waals surface area (Å²) in [6.07, 6.45) is -0.0298. The molecule has 0 unspecified atom stereocenters. The predicted molar refractivity (Wildman–Crippen MR) is 74.4 cm³/mol. The Morgan fingerprint density at radius 2 is 2.15 bits per heavy atom. The summed E-state index contributed by atoms with van der Waals surface area (Å²) in [7, 11) is 1.37. The molecule has 0 saturated heterocycles. The minimum absolute atomic E-state index is 0.0298. The van der Waals surface area contributed by atoms with E-state index in [9.17, 15) is 14.9 Å². The minimum Gasteiger partial charge on any atom is -0.490 e. The van der Waals surface area contributed by atoms with Crippen molar-refractivity contribution in [2.75, 3.05) is 18.6 Å². The van der Waals surface area contributed by atoms with Gasteiger partial charge in [-0.3, -0.25) is 14.9 Å². The molecular weight excluding hydrogens is 264 g/mol. The van der Waals surface area contributed by atoms with Crippen molar-refractivity contribution in [2.24, 2.45) is 0 Å². The van der Waals surface area contributed by atoms with Crippen LogP contribution in [0.4, 0.5) is 11.4 Å². The normalized spacial score (nSPS) is 10.4. The second-order valence-electron chi connectivity index (χ2n) is 4.54. The van der Waals surface area contributed by atoms with Crippen LogP contribution >= 0.6 is 0 Å². The molecule has 1 aromatic carbocycles. The van der Waals surface area contributed by atoms with Crippen molar-refractivity contribution in [1.82, 2.24) is 0 Å². The molecule has 0 fully saturated rings. The molecule has 1 N–H and O–H groups in total. The Morgan fingerprint density at radius 3 is 2.60 bits per heavy atom. The highest BCUT2D eigenvalue weighted by Crippen LogP contribution is 2.32. The zero-order valence-corrected chi connectivity index (χ0v) is 11.7. The van der Waals surface area contributed by atoms with Crippen LogP contribution in [0.15, 0.2) is 18.2 Å². The van der Waals surface area contributed by atoms with Gasteiger partial charge in [0.1, 0.15) is 0 Å². The van der Waals surface area contributed by atoms with Crippen LogP contribution in [0, 0.1) is 10.1 Å².